The van der Waals surface area contributed by atoms with Gasteiger partial charge in [-0.3, -0.25) is 5.32 Å². The van der Waals surface area contributed by atoms with Crippen LogP contribution in [0.5, 0.6) is 0 Å². The minimum absolute atomic E-state index is 0.139. The fraction of sp³-hybridized carbons (Fsp3) is 0.450. The Balaban J connectivity index is 1.86. The summed E-state index contributed by atoms with van der Waals surface area (Å²) < 4.78 is 46.4. The fourth-order valence-corrected chi connectivity index (χ4v) is 3.84. The number of amides is 1. The Bertz CT molecular complexity index is 966. The van der Waals surface area contributed by atoms with E-state index >= 15 is 0 Å². The van der Waals surface area contributed by atoms with Crippen LogP contribution in [-0.2, 0) is 10.9 Å². The van der Waals surface area contributed by atoms with Gasteiger partial charge in [-0.05, 0) is 31.5 Å². The smallest absolute Gasteiger partial charge is 0.416 e. The number of aromatic nitrogens is 2. The van der Waals surface area contributed by atoms with Gasteiger partial charge in [-0.1, -0.05) is 6.92 Å². The first kappa shape index (κ1) is 20.4. The molecule has 0 aliphatic carbocycles. The molecule has 2 aliphatic rings. The van der Waals surface area contributed by atoms with Gasteiger partial charge in [0.2, 0.25) is 0 Å². The molecule has 30 heavy (non-hydrogen) atoms. The van der Waals surface area contributed by atoms with Crippen molar-refractivity contribution in [3.63, 3.8) is 0 Å². The van der Waals surface area contributed by atoms with Crippen molar-refractivity contribution in [1.29, 1.82) is 0 Å². The zero-order chi connectivity index (χ0) is 21.5. The number of rotatable bonds is 3. The molecule has 2 N–H and O–H groups in total. The summed E-state index contributed by atoms with van der Waals surface area (Å²) in [4.78, 5) is 22.4. The van der Waals surface area contributed by atoms with Crippen LogP contribution in [0.4, 0.5) is 29.6 Å². The van der Waals surface area contributed by atoms with Gasteiger partial charge < -0.3 is 15.0 Å². The predicted octanol–water partition coefficient (Wildman–Crippen LogP) is 3.97. The van der Waals surface area contributed by atoms with E-state index in [2.05, 4.69) is 20.6 Å². The number of piperazine rings is 1. The molecule has 0 spiro atoms. The summed E-state index contributed by atoms with van der Waals surface area (Å²) in [6.45, 7) is 5.59. The molecular formula is C20H22F3N5O2. The van der Waals surface area contributed by atoms with Crippen molar-refractivity contribution in [3.05, 3.63) is 35.5 Å². The average Bonchev–Trinajstić information content (AvgIpc) is 2.71. The summed E-state index contributed by atoms with van der Waals surface area (Å²) in [5, 5.41) is 5.80. The lowest BCUT2D eigenvalue weighted by Crippen LogP contribution is -2.49. The number of halogens is 3. The molecule has 0 saturated carbocycles. The highest BCUT2D eigenvalue weighted by molar-refractivity contribution is 5.89. The van der Waals surface area contributed by atoms with E-state index in [1.165, 1.54) is 6.20 Å². The lowest BCUT2D eigenvalue weighted by Gasteiger charge is -2.33. The van der Waals surface area contributed by atoms with Crippen LogP contribution in [0.1, 0.15) is 37.5 Å². The van der Waals surface area contributed by atoms with Crippen molar-refractivity contribution in [3.8, 4) is 11.3 Å². The third-order valence-electron chi connectivity index (χ3n) is 5.26. The lowest BCUT2D eigenvalue weighted by atomic mass is 9.97. The SMILES string of the molecule is CC[C@H]1OC(=O)Nc2nccc(-c3cc(C(F)(F)F)cc(N4CCN[C@@H](C)C4)n3)c21. The van der Waals surface area contributed by atoms with Gasteiger partial charge in [0.15, 0.2) is 0 Å². The number of alkyl halides is 3. The Morgan fingerprint density at radius 1 is 1.33 bits per heavy atom. The molecule has 2 aliphatic heterocycles. The molecule has 0 bridgehead atoms. The molecule has 2 atom stereocenters. The monoisotopic (exact) mass is 421 g/mol. The number of nitrogens with zero attached hydrogens (tertiary/aromatic N) is 3. The lowest BCUT2D eigenvalue weighted by molar-refractivity contribution is -0.137. The molecule has 0 aromatic carbocycles. The number of anilines is 2. The van der Waals surface area contributed by atoms with Crippen molar-refractivity contribution in [2.45, 2.75) is 38.6 Å². The third-order valence-corrected chi connectivity index (χ3v) is 5.26. The normalized spacial score (nSPS) is 21.6. The molecule has 160 valence electrons. The predicted molar refractivity (Wildman–Crippen MR) is 105 cm³/mol. The highest BCUT2D eigenvalue weighted by Crippen LogP contribution is 2.40. The van der Waals surface area contributed by atoms with Gasteiger partial charge in [0, 0.05) is 43.0 Å². The van der Waals surface area contributed by atoms with Crippen LogP contribution in [0.25, 0.3) is 11.3 Å². The third kappa shape index (κ3) is 3.91. The molecule has 1 amide bonds. The molecule has 10 heteroatoms. The highest BCUT2D eigenvalue weighted by atomic mass is 19.4. The first-order chi connectivity index (χ1) is 14.3. The van der Waals surface area contributed by atoms with Crippen LogP contribution in [0.3, 0.4) is 0 Å². The van der Waals surface area contributed by atoms with Crippen LogP contribution in [0.2, 0.25) is 0 Å². The maximum atomic E-state index is 13.7. The molecule has 0 unspecified atom stereocenters. The van der Waals surface area contributed by atoms with Gasteiger partial charge in [0.25, 0.3) is 0 Å². The largest absolute Gasteiger partial charge is 0.441 e. The summed E-state index contributed by atoms with van der Waals surface area (Å²) in [7, 11) is 0. The number of pyridine rings is 2. The van der Waals surface area contributed by atoms with Crippen molar-refractivity contribution in [1.82, 2.24) is 15.3 Å². The Kier molecular flexibility index (Phi) is 5.27. The van der Waals surface area contributed by atoms with Crippen LogP contribution < -0.4 is 15.5 Å². The van der Waals surface area contributed by atoms with E-state index in [-0.39, 0.29) is 23.4 Å². The molecule has 4 heterocycles. The fourth-order valence-electron chi connectivity index (χ4n) is 3.84. The van der Waals surface area contributed by atoms with E-state index in [1.807, 2.05) is 18.7 Å². The number of nitrogens with one attached hydrogen (secondary N) is 2. The van der Waals surface area contributed by atoms with E-state index in [4.69, 9.17) is 4.74 Å². The summed E-state index contributed by atoms with van der Waals surface area (Å²) in [5.41, 5.74) is 0.393. The molecule has 1 saturated heterocycles. The molecule has 1 fully saturated rings. The maximum Gasteiger partial charge on any atom is 0.416 e. The van der Waals surface area contributed by atoms with E-state index < -0.39 is 23.9 Å². The topological polar surface area (TPSA) is 79.4 Å². The molecule has 0 radical (unpaired) electrons. The average molecular weight is 421 g/mol. The molecule has 4 rings (SSSR count). The zero-order valence-corrected chi connectivity index (χ0v) is 16.6. The second kappa shape index (κ2) is 7.75. The minimum Gasteiger partial charge on any atom is -0.441 e. The van der Waals surface area contributed by atoms with Crippen molar-refractivity contribution in [2.24, 2.45) is 0 Å². The van der Waals surface area contributed by atoms with Gasteiger partial charge in [0.05, 0.1) is 11.3 Å². The Labute approximate surface area is 171 Å². The van der Waals surface area contributed by atoms with E-state index in [1.54, 1.807) is 6.07 Å². The van der Waals surface area contributed by atoms with Crippen LogP contribution in [0, 0.1) is 0 Å². The second-order valence-electron chi connectivity index (χ2n) is 7.45. The number of fused-ring (bicyclic) bond motifs is 1. The number of hydrogen-bond acceptors (Lipinski definition) is 6. The van der Waals surface area contributed by atoms with E-state index in [0.29, 0.717) is 37.2 Å². The van der Waals surface area contributed by atoms with Gasteiger partial charge >= 0.3 is 12.3 Å². The summed E-state index contributed by atoms with van der Waals surface area (Å²) in [5.74, 6) is 0.555. The van der Waals surface area contributed by atoms with Gasteiger partial charge in [-0.25, -0.2) is 14.8 Å². The maximum absolute atomic E-state index is 13.7. The summed E-state index contributed by atoms with van der Waals surface area (Å²) in [6, 6.07) is 3.87. The van der Waals surface area contributed by atoms with Crippen LogP contribution >= 0.6 is 0 Å². The summed E-state index contributed by atoms with van der Waals surface area (Å²) in [6.07, 6.45) is -3.86. The first-order valence-electron chi connectivity index (χ1n) is 9.80. The standard InChI is InChI=1S/C20H22F3N5O2/c1-3-15-17-13(4-5-25-18(17)27-19(29)30-15)14-8-12(20(21,22)23)9-16(26-14)28-7-6-24-11(2)10-28/h4-5,8-9,11,15,24H,3,6-7,10H2,1-2H3,(H,25,27,29)/t11-,15+/m0/s1. The number of carbonyl (C=O) groups is 1. The number of cyclic esters (lactones) is 1. The molecule has 2 aromatic rings. The Hall–Kier alpha value is -2.88. The molecule has 7 nitrogen and oxygen atoms in total. The van der Waals surface area contributed by atoms with Gasteiger partial charge in [0.1, 0.15) is 17.7 Å². The number of ether oxygens (including phenoxy) is 1. The van der Waals surface area contributed by atoms with Gasteiger partial charge in [-0.15, -0.1) is 0 Å². The van der Waals surface area contributed by atoms with Crippen LogP contribution in [-0.4, -0.2) is 41.7 Å². The van der Waals surface area contributed by atoms with Crippen LogP contribution in [0.15, 0.2) is 24.4 Å². The van der Waals surface area contributed by atoms with E-state index in [0.717, 1.165) is 12.1 Å². The minimum atomic E-state index is -4.52. The quantitative estimate of drug-likeness (QED) is 0.781. The first-order valence-corrected chi connectivity index (χ1v) is 9.80. The summed E-state index contributed by atoms with van der Waals surface area (Å²) >= 11 is 0. The molecular weight excluding hydrogens is 399 g/mol. The Morgan fingerprint density at radius 2 is 2.13 bits per heavy atom. The second-order valence-corrected chi connectivity index (χ2v) is 7.45. The highest BCUT2D eigenvalue weighted by Gasteiger charge is 2.34. The molecule has 2 aromatic heterocycles. The van der Waals surface area contributed by atoms with E-state index in [9.17, 15) is 18.0 Å². The Morgan fingerprint density at radius 3 is 2.83 bits per heavy atom. The van der Waals surface area contributed by atoms with Crippen molar-refractivity contribution < 1.29 is 22.7 Å². The zero-order valence-electron chi connectivity index (χ0n) is 16.6. The number of hydrogen-bond donors (Lipinski definition) is 2. The van der Waals surface area contributed by atoms with Gasteiger partial charge in [-0.2, -0.15) is 13.2 Å². The van der Waals surface area contributed by atoms with Crippen molar-refractivity contribution in [2.75, 3.05) is 29.9 Å². The van der Waals surface area contributed by atoms with Crippen molar-refractivity contribution >= 4 is 17.7 Å². The number of carbonyl (C=O) groups excluding carboxylic acids is 1.